The van der Waals surface area contributed by atoms with Crippen LogP contribution in [-0.2, 0) is 4.79 Å². The molecule has 1 nitrogen and oxygen atoms in total. The molecule has 0 spiro atoms. The normalized spacial score (nSPS) is 13.1. The van der Waals surface area contributed by atoms with Crippen LogP contribution in [0.3, 0.4) is 0 Å². The topological polar surface area (TPSA) is 17.1 Å². The smallest absolute Gasteiger partial charge is 0.129 e. The molecule has 0 amide bonds. The van der Waals surface area contributed by atoms with Crippen molar-refractivity contribution in [3.63, 3.8) is 0 Å². The zero-order valence-corrected chi connectivity index (χ0v) is 8.77. The third-order valence-electron chi connectivity index (χ3n) is 1.12. The Bertz CT molecular complexity index is 180. The maximum absolute atomic E-state index is 10.2. The monoisotopic (exact) mass is 168 g/mol. The lowest BCUT2D eigenvalue weighted by atomic mass is 10.1. The Labute approximate surface area is 70.2 Å². The van der Waals surface area contributed by atoms with Gasteiger partial charge >= 0.3 is 0 Å². The second kappa shape index (κ2) is 4.35. The van der Waals surface area contributed by atoms with Gasteiger partial charge in [-0.2, -0.15) is 0 Å². The van der Waals surface area contributed by atoms with Crippen molar-refractivity contribution in [3.8, 4) is 11.5 Å². The Hall–Kier alpha value is -0.553. The molecule has 0 bridgehead atoms. The average molecular weight is 168 g/mol. The summed E-state index contributed by atoms with van der Waals surface area (Å²) in [6, 6.07) is 0. The van der Waals surface area contributed by atoms with Crippen molar-refractivity contribution in [2.45, 2.75) is 33.0 Å². The molecule has 0 aliphatic carbocycles. The van der Waals surface area contributed by atoms with E-state index in [1.807, 2.05) is 6.92 Å². The lowest BCUT2D eigenvalue weighted by Gasteiger charge is -2.03. The quantitative estimate of drug-likeness (QED) is 0.350. The third kappa shape index (κ3) is 7.34. The first-order valence-corrected chi connectivity index (χ1v) is 7.41. The first kappa shape index (κ1) is 10.4. The third-order valence-corrected chi connectivity index (χ3v) is 2.05. The van der Waals surface area contributed by atoms with Crippen molar-refractivity contribution >= 4 is 14.4 Å². The minimum absolute atomic E-state index is 0.0962. The van der Waals surface area contributed by atoms with E-state index in [0.717, 1.165) is 6.29 Å². The van der Waals surface area contributed by atoms with Crippen LogP contribution in [0.2, 0.25) is 19.6 Å². The van der Waals surface area contributed by atoms with Gasteiger partial charge in [0.25, 0.3) is 0 Å². The number of carbonyl (C=O) groups excluding carboxylic acids is 1. The second-order valence-corrected chi connectivity index (χ2v) is 8.62. The summed E-state index contributed by atoms with van der Waals surface area (Å²) in [5.41, 5.74) is 3.22. The largest absolute Gasteiger partial charge is 0.303 e. The molecule has 0 radical (unpaired) electrons. The molecule has 0 heterocycles. The summed E-state index contributed by atoms with van der Waals surface area (Å²) in [4.78, 5) is 10.2. The van der Waals surface area contributed by atoms with Gasteiger partial charge in [-0.05, 0) is 0 Å². The summed E-state index contributed by atoms with van der Waals surface area (Å²) in [6.45, 7) is 8.49. The lowest BCUT2D eigenvalue weighted by molar-refractivity contribution is -0.110. The molecule has 2 heteroatoms. The first-order valence-electron chi connectivity index (χ1n) is 3.91. The average Bonchev–Trinajstić information content (AvgIpc) is 1.85. The molecule has 0 saturated carbocycles. The maximum atomic E-state index is 10.2. The Morgan fingerprint density at radius 3 is 2.36 bits per heavy atom. The number of aldehydes is 1. The van der Waals surface area contributed by atoms with E-state index in [0.29, 0.717) is 6.42 Å². The Morgan fingerprint density at radius 2 is 2.00 bits per heavy atom. The molecule has 0 fully saturated rings. The molecule has 0 N–H and O–H groups in total. The summed E-state index contributed by atoms with van der Waals surface area (Å²) in [6.07, 6.45) is 1.67. The van der Waals surface area contributed by atoms with Crippen molar-refractivity contribution in [1.29, 1.82) is 0 Å². The molecule has 0 aromatic heterocycles. The molecule has 1 unspecified atom stereocenters. The highest BCUT2D eigenvalue weighted by Gasteiger charge is 2.07. The van der Waals surface area contributed by atoms with Crippen molar-refractivity contribution < 1.29 is 4.79 Å². The van der Waals surface area contributed by atoms with Gasteiger partial charge in [0.05, 0.1) is 0 Å². The van der Waals surface area contributed by atoms with Crippen LogP contribution in [0.5, 0.6) is 0 Å². The molecule has 11 heavy (non-hydrogen) atoms. The highest BCUT2D eigenvalue weighted by atomic mass is 28.3. The molecule has 0 saturated heterocycles. The van der Waals surface area contributed by atoms with Gasteiger partial charge < -0.3 is 4.79 Å². The molecule has 0 aliphatic rings. The minimum atomic E-state index is -1.21. The van der Waals surface area contributed by atoms with Gasteiger partial charge in [-0.3, -0.25) is 0 Å². The van der Waals surface area contributed by atoms with Crippen LogP contribution in [0.25, 0.3) is 0 Å². The number of hydrogen-bond donors (Lipinski definition) is 0. The van der Waals surface area contributed by atoms with E-state index in [9.17, 15) is 4.79 Å². The Morgan fingerprint density at radius 1 is 1.45 bits per heavy atom. The van der Waals surface area contributed by atoms with Gasteiger partial charge in [-0.1, -0.05) is 26.6 Å². The van der Waals surface area contributed by atoms with Gasteiger partial charge in [0.2, 0.25) is 0 Å². The van der Waals surface area contributed by atoms with Crippen molar-refractivity contribution in [3.05, 3.63) is 0 Å². The van der Waals surface area contributed by atoms with E-state index in [1.165, 1.54) is 0 Å². The number of hydrogen-bond acceptors (Lipinski definition) is 1. The van der Waals surface area contributed by atoms with Crippen LogP contribution in [0, 0.1) is 17.4 Å². The van der Waals surface area contributed by atoms with Gasteiger partial charge in [-0.15, -0.1) is 11.5 Å². The molecular weight excluding hydrogens is 152 g/mol. The highest BCUT2D eigenvalue weighted by molar-refractivity contribution is 6.83. The summed E-state index contributed by atoms with van der Waals surface area (Å²) >= 11 is 0. The fourth-order valence-electron chi connectivity index (χ4n) is 0.525. The standard InChI is InChI=1S/C9H16OSi/c1-9(8-10)6-5-7-11(2,3)4/h8-9H,6H2,1-4H3. The van der Waals surface area contributed by atoms with Crippen LogP contribution in [0.15, 0.2) is 0 Å². The van der Waals surface area contributed by atoms with E-state index < -0.39 is 8.07 Å². The van der Waals surface area contributed by atoms with Crippen molar-refractivity contribution in [1.82, 2.24) is 0 Å². The van der Waals surface area contributed by atoms with Crippen LogP contribution in [0.1, 0.15) is 13.3 Å². The van der Waals surface area contributed by atoms with Crippen molar-refractivity contribution in [2.24, 2.45) is 5.92 Å². The van der Waals surface area contributed by atoms with E-state index in [1.54, 1.807) is 0 Å². The fraction of sp³-hybridized carbons (Fsp3) is 0.667. The fourth-order valence-corrected chi connectivity index (χ4v) is 1.16. The zero-order valence-electron chi connectivity index (χ0n) is 7.77. The number of rotatable bonds is 2. The van der Waals surface area contributed by atoms with Gasteiger partial charge in [-0.25, -0.2) is 0 Å². The van der Waals surface area contributed by atoms with E-state index in [4.69, 9.17) is 0 Å². The summed E-state index contributed by atoms with van der Waals surface area (Å²) in [5.74, 6) is 3.15. The minimum Gasteiger partial charge on any atom is -0.303 e. The van der Waals surface area contributed by atoms with E-state index in [2.05, 4.69) is 31.1 Å². The van der Waals surface area contributed by atoms with Gasteiger partial charge in [0.1, 0.15) is 14.4 Å². The SMILES string of the molecule is CC(C=O)CC#C[Si](C)(C)C. The second-order valence-electron chi connectivity index (χ2n) is 3.87. The molecule has 0 aromatic rings. The summed E-state index contributed by atoms with van der Waals surface area (Å²) in [5, 5.41) is 0. The van der Waals surface area contributed by atoms with Crippen molar-refractivity contribution in [2.75, 3.05) is 0 Å². The molecule has 0 aliphatic heterocycles. The Kier molecular flexibility index (Phi) is 4.13. The summed E-state index contributed by atoms with van der Waals surface area (Å²) < 4.78 is 0. The Balaban J connectivity index is 3.82. The first-order chi connectivity index (χ1) is 4.95. The molecular formula is C9H16OSi. The molecule has 1 atom stereocenters. The number of carbonyl (C=O) groups is 1. The van der Waals surface area contributed by atoms with Crippen LogP contribution in [-0.4, -0.2) is 14.4 Å². The van der Waals surface area contributed by atoms with Gasteiger partial charge in [0, 0.05) is 12.3 Å². The van der Waals surface area contributed by atoms with Crippen LogP contribution < -0.4 is 0 Å². The predicted octanol–water partition coefficient (Wildman–Crippen LogP) is 2.09. The van der Waals surface area contributed by atoms with Crippen LogP contribution >= 0.6 is 0 Å². The molecule has 0 rings (SSSR count). The molecule has 62 valence electrons. The van der Waals surface area contributed by atoms with Crippen LogP contribution in [0.4, 0.5) is 0 Å². The maximum Gasteiger partial charge on any atom is 0.129 e. The summed E-state index contributed by atoms with van der Waals surface area (Å²) in [7, 11) is -1.21. The lowest BCUT2D eigenvalue weighted by Crippen LogP contribution is -2.16. The van der Waals surface area contributed by atoms with Gasteiger partial charge in [0.15, 0.2) is 0 Å². The molecule has 0 aromatic carbocycles. The zero-order chi connectivity index (χ0) is 8.91. The van der Waals surface area contributed by atoms with E-state index in [-0.39, 0.29) is 5.92 Å². The predicted molar refractivity (Wildman–Crippen MR) is 51.0 cm³/mol. The highest BCUT2D eigenvalue weighted by Crippen LogP contribution is 1.99. The van der Waals surface area contributed by atoms with E-state index >= 15 is 0 Å².